The van der Waals surface area contributed by atoms with Crippen LogP contribution in [0.25, 0.3) is 0 Å². The van der Waals surface area contributed by atoms with Crippen molar-refractivity contribution in [2.24, 2.45) is 5.92 Å². The number of rotatable bonds is 4. The summed E-state index contributed by atoms with van der Waals surface area (Å²) in [6.45, 7) is 2.28. The lowest BCUT2D eigenvalue weighted by molar-refractivity contribution is 0.354. The molecule has 1 atom stereocenters. The maximum atomic E-state index is 5.30. The van der Waals surface area contributed by atoms with Gasteiger partial charge in [0.25, 0.3) is 0 Å². The highest BCUT2D eigenvalue weighted by Gasteiger charge is 2.15. The summed E-state index contributed by atoms with van der Waals surface area (Å²) in [5.41, 5.74) is 1.33. The molecular weight excluding hydrogens is 202 g/mol. The second-order valence-electron chi connectivity index (χ2n) is 4.25. The Bertz CT molecular complexity index is 346. The molecular formula is C13H19NO2. The Labute approximate surface area is 96.8 Å². The summed E-state index contributed by atoms with van der Waals surface area (Å²) in [5, 5.41) is 3.39. The van der Waals surface area contributed by atoms with E-state index in [0.29, 0.717) is 0 Å². The quantitative estimate of drug-likeness (QED) is 0.841. The highest BCUT2D eigenvalue weighted by molar-refractivity contribution is 5.43. The predicted molar refractivity (Wildman–Crippen MR) is 64.2 cm³/mol. The van der Waals surface area contributed by atoms with Gasteiger partial charge in [-0.3, -0.25) is 0 Å². The van der Waals surface area contributed by atoms with Crippen molar-refractivity contribution in [3.63, 3.8) is 0 Å². The number of methoxy groups -OCH3 is 2. The molecule has 1 aliphatic heterocycles. The Hall–Kier alpha value is -1.22. The number of hydrogen-bond donors (Lipinski definition) is 1. The van der Waals surface area contributed by atoms with Crippen molar-refractivity contribution in [3.8, 4) is 11.5 Å². The van der Waals surface area contributed by atoms with Gasteiger partial charge in [-0.2, -0.15) is 0 Å². The zero-order valence-corrected chi connectivity index (χ0v) is 9.95. The summed E-state index contributed by atoms with van der Waals surface area (Å²) in [7, 11) is 3.34. The number of hydrogen-bond acceptors (Lipinski definition) is 3. The first-order chi connectivity index (χ1) is 7.83. The highest BCUT2D eigenvalue weighted by atomic mass is 16.5. The van der Waals surface area contributed by atoms with Gasteiger partial charge in [0, 0.05) is 0 Å². The molecule has 1 fully saturated rings. The molecule has 1 aromatic carbocycles. The van der Waals surface area contributed by atoms with Crippen LogP contribution in [0.4, 0.5) is 0 Å². The summed E-state index contributed by atoms with van der Waals surface area (Å²) in [4.78, 5) is 0. The fourth-order valence-corrected chi connectivity index (χ4v) is 2.23. The average molecular weight is 221 g/mol. The molecule has 0 amide bonds. The lowest BCUT2D eigenvalue weighted by atomic mass is 9.98. The van der Waals surface area contributed by atoms with Gasteiger partial charge in [0.1, 0.15) is 0 Å². The van der Waals surface area contributed by atoms with E-state index in [0.717, 1.165) is 36.9 Å². The maximum absolute atomic E-state index is 5.30. The number of benzene rings is 1. The van der Waals surface area contributed by atoms with Gasteiger partial charge in [0.05, 0.1) is 14.2 Å². The van der Waals surface area contributed by atoms with Crippen LogP contribution in [-0.2, 0) is 6.42 Å². The van der Waals surface area contributed by atoms with Crippen LogP contribution in [0.5, 0.6) is 11.5 Å². The van der Waals surface area contributed by atoms with Gasteiger partial charge in [-0.05, 0) is 49.5 Å². The molecule has 1 saturated heterocycles. The molecule has 1 N–H and O–H groups in total. The molecule has 16 heavy (non-hydrogen) atoms. The number of nitrogens with one attached hydrogen (secondary N) is 1. The molecule has 1 heterocycles. The van der Waals surface area contributed by atoms with Crippen molar-refractivity contribution in [3.05, 3.63) is 23.8 Å². The van der Waals surface area contributed by atoms with Crippen LogP contribution in [0.3, 0.4) is 0 Å². The smallest absolute Gasteiger partial charge is 0.160 e. The zero-order valence-electron chi connectivity index (χ0n) is 9.95. The molecule has 0 aromatic heterocycles. The van der Waals surface area contributed by atoms with E-state index in [2.05, 4.69) is 17.4 Å². The SMILES string of the molecule is COc1ccc(CC2CCNC2)cc1OC. The van der Waals surface area contributed by atoms with E-state index in [1.165, 1.54) is 12.0 Å². The van der Waals surface area contributed by atoms with E-state index in [4.69, 9.17) is 9.47 Å². The molecule has 2 rings (SSSR count). The standard InChI is InChI=1S/C13H19NO2/c1-15-12-4-3-10(8-13(12)16-2)7-11-5-6-14-9-11/h3-4,8,11,14H,5-7,9H2,1-2H3. The van der Waals surface area contributed by atoms with Crippen LogP contribution in [0.15, 0.2) is 18.2 Å². The van der Waals surface area contributed by atoms with Gasteiger partial charge in [0.15, 0.2) is 11.5 Å². The largest absolute Gasteiger partial charge is 0.493 e. The third-order valence-corrected chi connectivity index (χ3v) is 3.13. The average Bonchev–Trinajstić information content (AvgIpc) is 2.81. The first-order valence-corrected chi connectivity index (χ1v) is 5.75. The maximum Gasteiger partial charge on any atom is 0.160 e. The molecule has 1 aromatic rings. The van der Waals surface area contributed by atoms with Crippen molar-refractivity contribution in [1.29, 1.82) is 0 Å². The second-order valence-corrected chi connectivity index (χ2v) is 4.25. The Morgan fingerprint density at radius 2 is 2.06 bits per heavy atom. The molecule has 0 bridgehead atoms. The van der Waals surface area contributed by atoms with Crippen LogP contribution in [0.2, 0.25) is 0 Å². The summed E-state index contributed by atoms with van der Waals surface area (Å²) < 4.78 is 10.5. The van der Waals surface area contributed by atoms with Crippen LogP contribution in [0.1, 0.15) is 12.0 Å². The normalized spacial score (nSPS) is 19.8. The summed E-state index contributed by atoms with van der Waals surface area (Å²) >= 11 is 0. The predicted octanol–water partition coefficient (Wildman–Crippen LogP) is 1.86. The Morgan fingerprint density at radius 3 is 2.69 bits per heavy atom. The van der Waals surface area contributed by atoms with Gasteiger partial charge in [-0.1, -0.05) is 6.07 Å². The summed E-state index contributed by atoms with van der Waals surface area (Å²) in [6.07, 6.45) is 2.39. The highest BCUT2D eigenvalue weighted by Crippen LogP contribution is 2.29. The van der Waals surface area contributed by atoms with E-state index < -0.39 is 0 Å². The van der Waals surface area contributed by atoms with E-state index in [1.807, 2.05) is 6.07 Å². The molecule has 0 saturated carbocycles. The van der Waals surface area contributed by atoms with Gasteiger partial charge in [-0.25, -0.2) is 0 Å². The fraction of sp³-hybridized carbons (Fsp3) is 0.538. The van der Waals surface area contributed by atoms with Gasteiger partial charge < -0.3 is 14.8 Å². The van der Waals surface area contributed by atoms with Crippen LogP contribution in [-0.4, -0.2) is 27.3 Å². The lowest BCUT2D eigenvalue weighted by Crippen LogP contribution is -2.10. The minimum Gasteiger partial charge on any atom is -0.493 e. The molecule has 0 radical (unpaired) electrons. The first kappa shape index (κ1) is 11.3. The van der Waals surface area contributed by atoms with Crippen molar-refractivity contribution in [2.45, 2.75) is 12.8 Å². The molecule has 0 aliphatic carbocycles. The first-order valence-electron chi connectivity index (χ1n) is 5.75. The Kier molecular flexibility index (Phi) is 3.67. The summed E-state index contributed by atoms with van der Waals surface area (Å²) in [5.74, 6) is 2.39. The van der Waals surface area contributed by atoms with Crippen molar-refractivity contribution >= 4 is 0 Å². The molecule has 1 unspecified atom stereocenters. The van der Waals surface area contributed by atoms with Crippen LogP contribution < -0.4 is 14.8 Å². The Balaban J connectivity index is 2.09. The minimum atomic E-state index is 0.762. The molecule has 3 nitrogen and oxygen atoms in total. The van der Waals surface area contributed by atoms with Crippen molar-refractivity contribution in [1.82, 2.24) is 5.32 Å². The van der Waals surface area contributed by atoms with Crippen LogP contribution >= 0.6 is 0 Å². The topological polar surface area (TPSA) is 30.5 Å². The van der Waals surface area contributed by atoms with E-state index in [1.54, 1.807) is 14.2 Å². The zero-order chi connectivity index (χ0) is 11.4. The summed E-state index contributed by atoms with van der Waals surface area (Å²) in [6, 6.07) is 6.19. The van der Waals surface area contributed by atoms with E-state index in [9.17, 15) is 0 Å². The van der Waals surface area contributed by atoms with Gasteiger partial charge >= 0.3 is 0 Å². The monoisotopic (exact) mass is 221 g/mol. The number of ether oxygens (including phenoxy) is 2. The van der Waals surface area contributed by atoms with Gasteiger partial charge in [-0.15, -0.1) is 0 Å². The van der Waals surface area contributed by atoms with Gasteiger partial charge in [0.2, 0.25) is 0 Å². The molecule has 88 valence electrons. The molecule has 1 aliphatic rings. The van der Waals surface area contributed by atoms with E-state index >= 15 is 0 Å². The van der Waals surface area contributed by atoms with Crippen molar-refractivity contribution < 1.29 is 9.47 Å². The Morgan fingerprint density at radius 1 is 1.25 bits per heavy atom. The van der Waals surface area contributed by atoms with Crippen molar-refractivity contribution in [2.75, 3.05) is 27.3 Å². The molecule has 0 spiro atoms. The fourth-order valence-electron chi connectivity index (χ4n) is 2.23. The third-order valence-electron chi connectivity index (χ3n) is 3.13. The van der Waals surface area contributed by atoms with E-state index in [-0.39, 0.29) is 0 Å². The molecule has 3 heteroatoms. The minimum absolute atomic E-state index is 0.762. The lowest BCUT2D eigenvalue weighted by Gasteiger charge is -2.12. The second kappa shape index (κ2) is 5.21. The third kappa shape index (κ3) is 2.47. The van der Waals surface area contributed by atoms with Crippen LogP contribution in [0, 0.1) is 5.92 Å².